The Morgan fingerprint density at radius 3 is 2.12 bits per heavy atom. The second-order valence-corrected chi connectivity index (χ2v) is 8.91. The average Bonchev–Trinajstić information content (AvgIpc) is 3.08. The van der Waals surface area contributed by atoms with Crippen LogP contribution in [0.1, 0.15) is 71.9 Å². The molecule has 1 aliphatic heterocycles. The average molecular weight is 464 g/mol. The molecule has 3 rings (SSSR count). The molecule has 4 amide bonds. The number of fused-ring (bicyclic) bond motifs is 1. The fraction of sp³-hybridized carbons (Fsp3) is 0.407. The van der Waals surface area contributed by atoms with E-state index >= 15 is 0 Å². The number of carbonyl (C=O) groups excluding carboxylic acids is 4. The second kappa shape index (κ2) is 11.1. The first kappa shape index (κ1) is 25.1. The quantitative estimate of drug-likeness (QED) is 0.545. The van der Waals surface area contributed by atoms with E-state index in [1.54, 1.807) is 36.1 Å². The maximum absolute atomic E-state index is 13.2. The lowest BCUT2D eigenvalue weighted by molar-refractivity contribution is -0.141. The molecule has 0 spiro atoms. The van der Waals surface area contributed by atoms with Gasteiger partial charge in [-0.1, -0.05) is 48.9 Å². The van der Waals surface area contributed by atoms with Crippen LogP contribution in [-0.2, 0) is 16.1 Å². The highest BCUT2D eigenvalue weighted by molar-refractivity contribution is 6.21. The summed E-state index contributed by atoms with van der Waals surface area (Å²) in [5.41, 5.74) is 2.85. The molecule has 0 aliphatic carbocycles. The summed E-state index contributed by atoms with van der Waals surface area (Å²) < 4.78 is 0. The van der Waals surface area contributed by atoms with Gasteiger partial charge in [0.25, 0.3) is 11.8 Å². The number of hydrogen-bond donors (Lipinski definition) is 1. The third-order valence-electron chi connectivity index (χ3n) is 6.29. The Morgan fingerprint density at radius 1 is 0.971 bits per heavy atom. The van der Waals surface area contributed by atoms with Gasteiger partial charge in [0.2, 0.25) is 11.8 Å². The highest BCUT2D eigenvalue weighted by Gasteiger charge is 2.35. The minimum Gasteiger partial charge on any atom is -0.352 e. The topological polar surface area (TPSA) is 86.8 Å². The number of rotatable bonds is 10. The fourth-order valence-corrected chi connectivity index (χ4v) is 3.91. The van der Waals surface area contributed by atoms with E-state index in [0.29, 0.717) is 24.1 Å². The van der Waals surface area contributed by atoms with Gasteiger partial charge in [0, 0.05) is 25.6 Å². The standard InChI is InChI=1S/C27H33N3O4/c1-5-19(3)28-25(32)20(4)30(17-21-14-12-18(2)13-15-21)24(31)11-8-16-29-26(33)22-9-6-7-10-23(22)27(29)34/h6-7,9-10,12-15,19-20H,5,8,11,16-17H2,1-4H3,(H,28,32). The van der Waals surface area contributed by atoms with Gasteiger partial charge in [-0.2, -0.15) is 0 Å². The van der Waals surface area contributed by atoms with Crippen LogP contribution in [0.25, 0.3) is 0 Å². The van der Waals surface area contributed by atoms with E-state index in [9.17, 15) is 19.2 Å². The van der Waals surface area contributed by atoms with Crippen molar-refractivity contribution in [2.75, 3.05) is 6.54 Å². The molecule has 2 aromatic carbocycles. The third kappa shape index (κ3) is 5.71. The molecule has 180 valence electrons. The Morgan fingerprint density at radius 2 is 1.56 bits per heavy atom. The van der Waals surface area contributed by atoms with Crippen molar-refractivity contribution in [1.82, 2.24) is 15.1 Å². The monoisotopic (exact) mass is 463 g/mol. The van der Waals surface area contributed by atoms with Gasteiger partial charge >= 0.3 is 0 Å². The summed E-state index contributed by atoms with van der Waals surface area (Å²) in [6.45, 7) is 8.11. The Bertz CT molecular complexity index is 1030. The summed E-state index contributed by atoms with van der Waals surface area (Å²) in [7, 11) is 0. The van der Waals surface area contributed by atoms with E-state index < -0.39 is 6.04 Å². The number of nitrogens with zero attached hydrogens (tertiary/aromatic N) is 2. The summed E-state index contributed by atoms with van der Waals surface area (Å²) in [6.07, 6.45) is 1.25. The summed E-state index contributed by atoms with van der Waals surface area (Å²) in [5.74, 6) is -1.05. The number of carbonyl (C=O) groups is 4. The maximum atomic E-state index is 13.2. The van der Waals surface area contributed by atoms with Gasteiger partial charge in [0.15, 0.2) is 0 Å². The normalized spacial score (nSPS) is 14.5. The van der Waals surface area contributed by atoms with Gasteiger partial charge in [0.1, 0.15) is 6.04 Å². The van der Waals surface area contributed by atoms with Crippen LogP contribution in [0.15, 0.2) is 48.5 Å². The fourth-order valence-electron chi connectivity index (χ4n) is 3.91. The molecule has 0 saturated heterocycles. The molecular formula is C27H33N3O4. The zero-order chi connectivity index (χ0) is 24.8. The van der Waals surface area contributed by atoms with Crippen LogP contribution in [0, 0.1) is 6.92 Å². The number of aryl methyl sites for hydroxylation is 1. The minimum atomic E-state index is -0.651. The van der Waals surface area contributed by atoms with Crippen molar-refractivity contribution in [3.05, 3.63) is 70.8 Å². The highest BCUT2D eigenvalue weighted by atomic mass is 16.2. The van der Waals surface area contributed by atoms with Crippen LogP contribution in [0.5, 0.6) is 0 Å². The van der Waals surface area contributed by atoms with Crippen molar-refractivity contribution in [2.45, 2.75) is 65.6 Å². The van der Waals surface area contributed by atoms with E-state index in [1.807, 2.05) is 45.0 Å². The summed E-state index contributed by atoms with van der Waals surface area (Å²) >= 11 is 0. The van der Waals surface area contributed by atoms with E-state index in [2.05, 4.69) is 5.32 Å². The molecule has 0 aromatic heterocycles. The molecule has 1 aliphatic rings. The zero-order valence-electron chi connectivity index (χ0n) is 20.3. The molecule has 0 bridgehead atoms. The molecule has 2 unspecified atom stereocenters. The molecule has 0 radical (unpaired) electrons. The zero-order valence-corrected chi connectivity index (χ0v) is 20.3. The van der Waals surface area contributed by atoms with Crippen molar-refractivity contribution >= 4 is 23.6 Å². The highest BCUT2D eigenvalue weighted by Crippen LogP contribution is 2.23. The smallest absolute Gasteiger partial charge is 0.261 e. The van der Waals surface area contributed by atoms with E-state index in [-0.39, 0.29) is 42.6 Å². The van der Waals surface area contributed by atoms with Gasteiger partial charge in [-0.15, -0.1) is 0 Å². The Labute approximate surface area is 201 Å². The number of benzene rings is 2. The molecule has 7 heteroatoms. The molecule has 1 heterocycles. The van der Waals surface area contributed by atoms with Gasteiger partial charge in [-0.25, -0.2) is 0 Å². The molecule has 7 nitrogen and oxygen atoms in total. The molecule has 2 atom stereocenters. The first-order valence-corrected chi connectivity index (χ1v) is 11.8. The van der Waals surface area contributed by atoms with Gasteiger partial charge in [-0.3, -0.25) is 24.1 Å². The summed E-state index contributed by atoms with van der Waals surface area (Å²) in [6, 6.07) is 14.0. The predicted octanol–water partition coefficient (Wildman–Crippen LogP) is 3.70. The third-order valence-corrected chi connectivity index (χ3v) is 6.29. The van der Waals surface area contributed by atoms with Gasteiger partial charge in [-0.05, 0) is 51.3 Å². The first-order valence-electron chi connectivity index (χ1n) is 11.8. The molecular weight excluding hydrogens is 430 g/mol. The number of amides is 4. The molecule has 1 N–H and O–H groups in total. The van der Waals surface area contributed by atoms with E-state index in [0.717, 1.165) is 17.5 Å². The van der Waals surface area contributed by atoms with Crippen molar-refractivity contribution in [2.24, 2.45) is 0 Å². The van der Waals surface area contributed by atoms with Crippen LogP contribution < -0.4 is 5.32 Å². The van der Waals surface area contributed by atoms with Crippen LogP contribution in [0.3, 0.4) is 0 Å². The Balaban J connectivity index is 1.67. The maximum Gasteiger partial charge on any atom is 0.261 e. The number of hydrogen-bond acceptors (Lipinski definition) is 4. The Hall–Kier alpha value is -3.48. The lowest BCUT2D eigenvalue weighted by Crippen LogP contribution is -2.49. The van der Waals surface area contributed by atoms with Crippen molar-refractivity contribution in [3.8, 4) is 0 Å². The number of imide groups is 1. The minimum absolute atomic E-state index is 0.0140. The predicted molar refractivity (Wildman–Crippen MR) is 130 cm³/mol. The van der Waals surface area contributed by atoms with Gasteiger partial charge < -0.3 is 10.2 Å². The van der Waals surface area contributed by atoms with E-state index in [4.69, 9.17) is 0 Å². The SMILES string of the molecule is CCC(C)NC(=O)C(C)N(Cc1ccc(C)cc1)C(=O)CCCN1C(=O)c2ccccc2C1=O. The molecule has 0 fully saturated rings. The summed E-state index contributed by atoms with van der Waals surface area (Å²) in [5, 5.41) is 2.95. The Kier molecular flexibility index (Phi) is 8.21. The van der Waals surface area contributed by atoms with Crippen LogP contribution in [0.4, 0.5) is 0 Å². The second-order valence-electron chi connectivity index (χ2n) is 8.91. The summed E-state index contributed by atoms with van der Waals surface area (Å²) in [4.78, 5) is 53.9. The van der Waals surface area contributed by atoms with Crippen LogP contribution in [0.2, 0.25) is 0 Å². The molecule has 34 heavy (non-hydrogen) atoms. The van der Waals surface area contributed by atoms with Crippen LogP contribution in [-0.4, -0.2) is 52.1 Å². The van der Waals surface area contributed by atoms with Crippen molar-refractivity contribution in [1.29, 1.82) is 0 Å². The van der Waals surface area contributed by atoms with Crippen molar-refractivity contribution < 1.29 is 19.2 Å². The van der Waals surface area contributed by atoms with E-state index in [1.165, 1.54) is 4.90 Å². The van der Waals surface area contributed by atoms with Crippen LogP contribution >= 0.6 is 0 Å². The molecule has 2 aromatic rings. The van der Waals surface area contributed by atoms with Gasteiger partial charge in [0.05, 0.1) is 11.1 Å². The van der Waals surface area contributed by atoms with Crippen molar-refractivity contribution in [3.63, 3.8) is 0 Å². The first-order chi connectivity index (χ1) is 16.2. The molecule has 0 saturated carbocycles. The number of nitrogens with one attached hydrogen (secondary N) is 1. The lowest BCUT2D eigenvalue weighted by Gasteiger charge is -2.30. The lowest BCUT2D eigenvalue weighted by atomic mass is 10.1. The largest absolute Gasteiger partial charge is 0.352 e.